The Hall–Kier alpha value is -1.05. The second-order valence-corrected chi connectivity index (χ2v) is 4.76. The van der Waals surface area contributed by atoms with Gasteiger partial charge in [0.05, 0.1) is 6.61 Å². The lowest BCUT2D eigenvalue weighted by molar-refractivity contribution is -0.143. The summed E-state index contributed by atoms with van der Waals surface area (Å²) in [6.07, 6.45) is 18.9. The molecule has 2 heteroatoms. The van der Waals surface area contributed by atoms with E-state index in [0.29, 0.717) is 13.0 Å². The first-order valence-corrected chi connectivity index (χ1v) is 7.73. The fourth-order valence-electron chi connectivity index (χ4n) is 1.79. The van der Waals surface area contributed by atoms with Crippen LogP contribution in [0.2, 0.25) is 0 Å². The molecule has 0 amide bonds. The number of esters is 1. The van der Waals surface area contributed by atoms with Crippen molar-refractivity contribution >= 4 is 5.97 Å². The van der Waals surface area contributed by atoms with E-state index in [4.69, 9.17) is 4.74 Å². The van der Waals surface area contributed by atoms with Gasteiger partial charge in [0.2, 0.25) is 0 Å². The van der Waals surface area contributed by atoms with E-state index in [1.165, 1.54) is 38.5 Å². The molecule has 0 heterocycles. The van der Waals surface area contributed by atoms with Crippen molar-refractivity contribution in [3.63, 3.8) is 0 Å². The summed E-state index contributed by atoms with van der Waals surface area (Å²) in [4.78, 5) is 10.9. The molecule has 0 aliphatic carbocycles. The molecule has 0 bridgehead atoms. The van der Waals surface area contributed by atoms with Crippen molar-refractivity contribution in [3.05, 3.63) is 24.3 Å². The van der Waals surface area contributed by atoms with E-state index in [9.17, 15) is 4.79 Å². The highest BCUT2D eigenvalue weighted by Gasteiger charge is 1.97. The van der Waals surface area contributed by atoms with Gasteiger partial charge in [0, 0.05) is 6.42 Å². The summed E-state index contributed by atoms with van der Waals surface area (Å²) in [6.45, 7) is 4.48. The van der Waals surface area contributed by atoms with Crippen molar-refractivity contribution in [3.8, 4) is 0 Å². The molecule has 0 aromatic heterocycles. The predicted molar refractivity (Wildman–Crippen MR) is 82.1 cm³/mol. The standard InChI is InChI=1S/C17H30O2/c1-3-5-6-7-8-9-10-11-12-13-14-15-16-19-17(18)4-2/h3,5,7-8H,4,6,9-16H2,1-2H3. The van der Waals surface area contributed by atoms with Crippen LogP contribution in [0, 0.1) is 0 Å². The van der Waals surface area contributed by atoms with Gasteiger partial charge in [-0.1, -0.05) is 56.9 Å². The van der Waals surface area contributed by atoms with Crippen LogP contribution in [-0.2, 0) is 9.53 Å². The average Bonchev–Trinajstić information content (AvgIpc) is 2.43. The maximum Gasteiger partial charge on any atom is 0.305 e. The summed E-state index contributed by atoms with van der Waals surface area (Å²) in [5, 5.41) is 0. The SMILES string of the molecule is CC=CCC=CCCCCCCCCOC(=O)CC. The summed E-state index contributed by atoms with van der Waals surface area (Å²) in [6, 6.07) is 0. The molecule has 0 aliphatic rings. The molecule has 0 atom stereocenters. The molecule has 0 fully saturated rings. The molecule has 0 unspecified atom stereocenters. The lowest BCUT2D eigenvalue weighted by Crippen LogP contribution is -2.03. The summed E-state index contributed by atoms with van der Waals surface area (Å²) in [7, 11) is 0. The first-order chi connectivity index (χ1) is 9.31. The largest absolute Gasteiger partial charge is 0.466 e. The molecule has 0 aliphatic heterocycles. The number of ether oxygens (including phenoxy) is 1. The lowest BCUT2D eigenvalue weighted by atomic mass is 10.1. The van der Waals surface area contributed by atoms with E-state index in [1.807, 2.05) is 6.92 Å². The fourth-order valence-corrected chi connectivity index (χ4v) is 1.79. The molecular formula is C17H30O2. The average molecular weight is 266 g/mol. The summed E-state index contributed by atoms with van der Waals surface area (Å²) in [5.41, 5.74) is 0. The Morgan fingerprint density at radius 1 is 0.947 bits per heavy atom. The third-order valence-electron chi connectivity index (χ3n) is 2.99. The molecule has 110 valence electrons. The first-order valence-electron chi connectivity index (χ1n) is 7.73. The molecule has 0 spiro atoms. The van der Waals surface area contributed by atoms with E-state index in [0.717, 1.165) is 12.8 Å². The van der Waals surface area contributed by atoms with Gasteiger partial charge in [-0.2, -0.15) is 0 Å². The third kappa shape index (κ3) is 14.9. The van der Waals surface area contributed by atoms with Crippen LogP contribution in [0.25, 0.3) is 0 Å². The minimum absolute atomic E-state index is 0.0790. The van der Waals surface area contributed by atoms with Gasteiger partial charge < -0.3 is 4.74 Å². The molecule has 19 heavy (non-hydrogen) atoms. The van der Waals surface area contributed by atoms with E-state index >= 15 is 0 Å². The van der Waals surface area contributed by atoms with Crippen molar-refractivity contribution in [2.45, 2.75) is 71.6 Å². The molecule has 0 saturated heterocycles. The Morgan fingerprint density at radius 3 is 2.32 bits per heavy atom. The van der Waals surface area contributed by atoms with E-state index < -0.39 is 0 Å². The zero-order chi connectivity index (χ0) is 14.2. The minimum Gasteiger partial charge on any atom is -0.466 e. The smallest absolute Gasteiger partial charge is 0.305 e. The Labute approximate surface area is 118 Å². The molecule has 0 saturated carbocycles. The molecule has 0 radical (unpaired) electrons. The number of carbonyl (C=O) groups excluding carboxylic acids is 1. The molecule has 0 aromatic rings. The Balaban J connectivity index is 3.10. The number of hydrogen-bond donors (Lipinski definition) is 0. The third-order valence-corrected chi connectivity index (χ3v) is 2.99. The van der Waals surface area contributed by atoms with Gasteiger partial charge in [-0.15, -0.1) is 0 Å². The van der Waals surface area contributed by atoms with Gasteiger partial charge in [0.25, 0.3) is 0 Å². The van der Waals surface area contributed by atoms with Crippen LogP contribution < -0.4 is 0 Å². The maximum absolute atomic E-state index is 10.9. The summed E-state index contributed by atoms with van der Waals surface area (Å²) < 4.78 is 5.03. The van der Waals surface area contributed by atoms with Crippen molar-refractivity contribution in [2.75, 3.05) is 6.61 Å². The maximum atomic E-state index is 10.9. The van der Waals surface area contributed by atoms with Crippen LogP contribution in [-0.4, -0.2) is 12.6 Å². The van der Waals surface area contributed by atoms with Crippen LogP contribution >= 0.6 is 0 Å². The summed E-state index contributed by atoms with van der Waals surface area (Å²) in [5.74, 6) is -0.0790. The number of rotatable bonds is 12. The van der Waals surface area contributed by atoms with Crippen molar-refractivity contribution in [2.24, 2.45) is 0 Å². The van der Waals surface area contributed by atoms with Gasteiger partial charge >= 0.3 is 5.97 Å². The highest BCUT2D eigenvalue weighted by atomic mass is 16.5. The summed E-state index contributed by atoms with van der Waals surface area (Å²) >= 11 is 0. The number of unbranched alkanes of at least 4 members (excludes halogenated alkanes) is 6. The topological polar surface area (TPSA) is 26.3 Å². The Bertz CT molecular complexity index is 254. The van der Waals surface area contributed by atoms with Crippen molar-refractivity contribution in [1.29, 1.82) is 0 Å². The second-order valence-electron chi connectivity index (χ2n) is 4.76. The highest BCUT2D eigenvalue weighted by molar-refractivity contribution is 5.68. The van der Waals surface area contributed by atoms with Crippen LogP contribution in [0.15, 0.2) is 24.3 Å². The zero-order valence-electron chi connectivity index (χ0n) is 12.7. The van der Waals surface area contributed by atoms with Crippen LogP contribution in [0.1, 0.15) is 71.6 Å². The van der Waals surface area contributed by atoms with E-state index in [1.54, 1.807) is 0 Å². The number of carbonyl (C=O) groups is 1. The predicted octanol–water partition coefficient (Wildman–Crippen LogP) is 5.19. The quantitative estimate of drug-likeness (QED) is 0.276. The van der Waals surface area contributed by atoms with Crippen LogP contribution in [0.3, 0.4) is 0 Å². The second kappa shape index (κ2) is 15.0. The zero-order valence-corrected chi connectivity index (χ0v) is 12.7. The van der Waals surface area contributed by atoms with Crippen LogP contribution in [0.5, 0.6) is 0 Å². The van der Waals surface area contributed by atoms with E-state index in [2.05, 4.69) is 31.2 Å². The van der Waals surface area contributed by atoms with E-state index in [-0.39, 0.29) is 5.97 Å². The van der Waals surface area contributed by atoms with Gasteiger partial charge in [0.15, 0.2) is 0 Å². The normalized spacial score (nSPS) is 11.5. The molecule has 0 N–H and O–H groups in total. The molecular weight excluding hydrogens is 236 g/mol. The number of allylic oxidation sites excluding steroid dienone is 4. The Kier molecular flexibility index (Phi) is 14.2. The van der Waals surface area contributed by atoms with Gasteiger partial charge in [0.1, 0.15) is 0 Å². The fraction of sp³-hybridized carbons (Fsp3) is 0.706. The number of hydrogen-bond acceptors (Lipinski definition) is 2. The molecule has 0 rings (SSSR count). The highest BCUT2D eigenvalue weighted by Crippen LogP contribution is 2.08. The van der Waals surface area contributed by atoms with Crippen molar-refractivity contribution < 1.29 is 9.53 Å². The van der Waals surface area contributed by atoms with Crippen LogP contribution in [0.4, 0.5) is 0 Å². The van der Waals surface area contributed by atoms with Gasteiger partial charge in [-0.3, -0.25) is 4.79 Å². The Morgan fingerprint density at radius 2 is 1.63 bits per heavy atom. The van der Waals surface area contributed by atoms with Gasteiger partial charge in [-0.25, -0.2) is 0 Å². The molecule has 2 nitrogen and oxygen atoms in total. The first kappa shape index (κ1) is 17.9. The monoisotopic (exact) mass is 266 g/mol. The molecule has 0 aromatic carbocycles. The lowest BCUT2D eigenvalue weighted by Gasteiger charge is -2.03. The van der Waals surface area contributed by atoms with Gasteiger partial charge in [-0.05, 0) is 32.6 Å². The minimum atomic E-state index is -0.0790. The van der Waals surface area contributed by atoms with Crippen molar-refractivity contribution in [1.82, 2.24) is 0 Å².